The van der Waals surface area contributed by atoms with Gasteiger partial charge in [0.25, 0.3) is 0 Å². The van der Waals surface area contributed by atoms with Crippen LogP contribution in [0.15, 0.2) is 41.7 Å². The monoisotopic (exact) mass is 394 g/mol. The van der Waals surface area contributed by atoms with Crippen LogP contribution in [0.3, 0.4) is 0 Å². The summed E-state index contributed by atoms with van der Waals surface area (Å²) in [7, 11) is 0. The van der Waals surface area contributed by atoms with Crippen molar-refractivity contribution in [2.75, 3.05) is 10.7 Å². The molecule has 2 aromatic rings. The lowest BCUT2D eigenvalue weighted by Gasteiger charge is -2.46. The molecule has 1 saturated carbocycles. The van der Waals surface area contributed by atoms with E-state index in [2.05, 4.69) is 28.1 Å². The van der Waals surface area contributed by atoms with Crippen molar-refractivity contribution in [3.8, 4) is 5.75 Å². The summed E-state index contributed by atoms with van der Waals surface area (Å²) in [5, 5.41) is 1.05. The molecule has 6 heteroatoms. The first-order valence-electron chi connectivity index (χ1n) is 10.5. The first-order valence-corrected chi connectivity index (χ1v) is 11.5. The number of piperidine rings is 1. The fourth-order valence-corrected chi connectivity index (χ4v) is 6.35. The fraction of sp³-hybridized carbons (Fsp3) is 0.545. The minimum absolute atomic E-state index is 0.0405. The lowest BCUT2D eigenvalue weighted by molar-refractivity contribution is 0.0272. The third-order valence-corrected chi connectivity index (χ3v) is 8.10. The molecule has 1 aromatic heterocycles. The summed E-state index contributed by atoms with van der Waals surface area (Å²) in [6, 6.07) is 9.09. The van der Waals surface area contributed by atoms with Crippen LogP contribution in [0, 0.1) is 5.92 Å². The normalized spacial score (nSPS) is 33.2. The molecular weight excluding hydrogens is 368 g/mol. The van der Waals surface area contributed by atoms with Gasteiger partial charge in [-0.3, -0.25) is 0 Å². The lowest BCUT2D eigenvalue weighted by Crippen LogP contribution is -2.56. The molecule has 4 heterocycles. The molecule has 1 spiro atoms. The van der Waals surface area contributed by atoms with Gasteiger partial charge in [0.05, 0.1) is 18.4 Å². The third-order valence-electron chi connectivity index (χ3n) is 6.96. The minimum Gasteiger partial charge on any atom is -0.485 e. The van der Waals surface area contributed by atoms with Gasteiger partial charge in [-0.15, -0.1) is 11.8 Å². The van der Waals surface area contributed by atoms with E-state index < -0.39 is 0 Å². The van der Waals surface area contributed by atoms with Crippen LogP contribution in [0.25, 0.3) is 0 Å². The van der Waals surface area contributed by atoms with Crippen LogP contribution < -0.4 is 15.4 Å². The van der Waals surface area contributed by atoms with Crippen molar-refractivity contribution >= 4 is 17.6 Å². The van der Waals surface area contributed by atoms with E-state index in [0.717, 1.165) is 40.9 Å². The van der Waals surface area contributed by atoms with Crippen molar-refractivity contribution in [1.82, 2.24) is 9.97 Å². The summed E-state index contributed by atoms with van der Waals surface area (Å²) in [4.78, 5) is 12.0. The van der Waals surface area contributed by atoms with Gasteiger partial charge in [-0.1, -0.05) is 18.2 Å². The Hall–Kier alpha value is -1.79. The second-order valence-corrected chi connectivity index (χ2v) is 9.89. The number of hydrogen-bond acceptors (Lipinski definition) is 6. The van der Waals surface area contributed by atoms with Crippen LogP contribution in [0.2, 0.25) is 0 Å². The number of para-hydroxylation sites is 1. The molecule has 0 radical (unpaired) electrons. The molecule has 5 nitrogen and oxygen atoms in total. The predicted molar refractivity (Wildman–Crippen MR) is 111 cm³/mol. The maximum absolute atomic E-state index is 6.70. The van der Waals surface area contributed by atoms with Crippen LogP contribution in [0.5, 0.6) is 5.75 Å². The van der Waals surface area contributed by atoms with Crippen molar-refractivity contribution in [3.63, 3.8) is 0 Å². The lowest BCUT2D eigenvalue weighted by atomic mass is 9.79. The van der Waals surface area contributed by atoms with E-state index in [4.69, 9.17) is 15.5 Å². The Kier molecular flexibility index (Phi) is 3.88. The van der Waals surface area contributed by atoms with Crippen LogP contribution in [-0.4, -0.2) is 33.4 Å². The third kappa shape index (κ3) is 2.72. The number of anilines is 1. The first kappa shape index (κ1) is 17.1. The van der Waals surface area contributed by atoms with Gasteiger partial charge >= 0.3 is 0 Å². The number of rotatable bonds is 4. The highest BCUT2D eigenvalue weighted by molar-refractivity contribution is 7.99. The van der Waals surface area contributed by atoms with Crippen molar-refractivity contribution in [3.05, 3.63) is 42.2 Å². The Morgan fingerprint density at radius 3 is 2.54 bits per heavy atom. The van der Waals surface area contributed by atoms with E-state index in [1.807, 2.05) is 30.2 Å². The quantitative estimate of drug-likeness (QED) is 0.793. The maximum atomic E-state index is 6.70. The summed E-state index contributed by atoms with van der Waals surface area (Å²) in [5.74, 6) is 4.07. The van der Waals surface area contributed by atoms with Crippen LogP contribution in [0.4, 0.5) is 5.82 Å². The van der Waals surface area contributed by atoms with E-state index in [1.54, 1.807) is 0 Å². The van der Waals surface area contributed by atoms with Crippen molar-refractivity contribution in [2.24, 2.45) is 11.7 Å². The highest BCUT2D eigenvalue weighted by Gasteiger charge is 2.56. The Labute approximate surface area is 170 Å². The molecule has 6 rings (SSSR count). The molecule has 2 bridgehead atoms. The van der Waals surface area contributed by atoms with Gasteiger partial charge in [0.1, 0.15) is 22.2 Å². The summed E-state index contributed by atoms with van der Waals surface area (Å²) < 4.78 is 6.50. The average Bonchev–Trinajstić information content (AvgIpc) is 3.46. The van der Waals surface area contributed by atoms with Crippen molar-refractivity contribution in [1.29, 1.82) is 0 Å². The molecule has 4 aliphatic rings. The van der Waals surface area contributed by atoms with Gasteiger partial charge in [-0.25, -0.2) is 9.97 Å². The highest BCUT2D eigenvalue weighted by Crippen LogP contribution is 2.53. The topological polar surface area (TPSA) is 64.3 Å². The Morgan fingerprint density at radius 2 is 1.86 bits per heavy atom. The summed E-state index contributed by atoms with van der Waals surface area (Å²) in [6.45, 7) is 0. The Balaban J connectivity index is 1.21. The highest BCUT2D eigenvalue weighted by atomic mass is 32.2. The number of hydrogen-bond donors (Lipinski definition) is 1. The van der Waals surface area contributed by atoms with Crippen LogP contribution in [0.1, 0.15) is 50.1 Å². The molecule has 3 atom stereocenters. The molecule has 1 aliphatic carbocycles. The van der Waals surface area contributed by atoms with Gasteiger partial charge in [0.15, 0.2) is 0 Å². The molecule has 146 valence electrons. The molecule has 3 unspecified atom stereocenters. The van der Waals surface area contributed by atoms with E-state index in [9.17, 15) is 0 Å². The van der Waals surface area contributed by atoms with E-state index >= 15 is 0 Å². The predicted octanol–water partition coefficient (Wildman–Crippen LogP) is 3.94. The molecule has 3 fully saturated rings. The molecule has 3 aliphatic heterocycles. The molecule has 2 N–H and O–H groups in total. The number of nitrogens with two attached hydrogens (primary N) is 1. The van der Waals surface area contributed by atoms with Gasteiger partial charge in [-0.2, -0.15) is 0 Å². The summed E-state index contributed by atoms with van der Waals surface area (Å²) in [5.41, 5.74) is 7.60. The Morgan fingerprint density at radius 1 is 1.07 bits per heavy atom. The van der Waals surface area contributed by atoms with Crippen molar-refractivity contribution < 1.29 is 4.74 Å². The van der Waals surface area contributed by atoms with Crippen molar-refractivity contribution in [2.45, 2.75) is 67.3 Å². The number of fused-ring (bicyclic) bond motifs is 3. The SMILES string of the molecule is NC1c2ccccc2OC12CC1CCC(C2)N1c1cnc(SCC2CC2)cn1. The minimum atomic E-state index is -0.264. The largest absolute Gasteiger partial charge is 0.485 e. The molecule has 2 saturated heterocycles. The van der Waals surface area contributed by atoms with Gasteiger partial charge < -0.3 is 15.4 Å². The second-order valence-electron chi connectivity index (χ2n) is 8.85. The number of nitrogens with zero attached hydrogens (tertiary/aromatic N) is 3. The van der Waals surface area contributed by atoms with Crippen LogP contribution in [-0.2, 0) is 0 Å². The molecular formula is C22H26N4OS. The average molecular weight is 395 g/mol. The number of benzene rings is 1. The second kappa shape index (κ2) is 6.36. The first-order chi connectivity index (χ1) is 13.7. The summed E-state index contributed by atoms with van der Waals surface area (Å²) in [6.07, 6.45) is 11.0. The maximum Gasteiger partial charge on any atom is 0.147 e. The van der Waals surface area contributed by atoms with E-state index in [-0.39, 0.29) is 11.6 Å². The zero-order valence-electron chi connectivity index (χ0n) is 16.0. The standard InChI is InChI=1S/C22H26N4OS/c23-21-17-3-1-2-4-18(17)27-22(21)9-15-7-8-16(10-22)26(15)19-11-25-20(12-24-19)28-13-14-5-6-14/h1-4,11-12,14-16,21H,5-10,13,23H2. The molecule has 28 heavy (non-hydrogen) atoms. The smallest absolute Gasteiger partial charge is 0.147 e. The molecule has 1 aromatic carbocycles. The fourth-order valence-electron chi connectivity index (χ4n) is 5.36. The van der Waals surface area contributed by atoms with Gasteiger partial charge in [0.2, 0.25) is 0 Å². The van der Waals surface area contributed by atoms with Crippen LogP contribution >= 0.6 is 11.8 Å². The Bertz CT molecular complexity index is 870. The summed E-state index contributed by atoms with van der Waals surface area (Å²) >= 11 is 1.84. The molecule has 0 amide bonds. The zero-order valence-corrected chi connectivity index (χ0v) is 16.8. The number of aromatic nitrogens is 2. The van der Waals surface area contributed by atoms with E-state index in [1.165, 1.54) is 31.4 Å². The zero-order chi connectivity index (χ0) is 18.7. The van der Waals surface area contributed by atoms with Gasteiger partial charge in [-0.05, 0) is 37.7 Å². The van der Waals surface area contributed by atoms with E-state index in [0.29, 0.717) is 12.1 Å². The number of ether oxygens (including phenoxy) is 1. The van der Waals surface area contributed by atoms with Gasteiger partial charge in [0, 0.05) is 36.2 Å². The number of thioether (sulfide) groups is 1.